The second-order valence-corrected chi connectivity index (χ2v) is 6.86. The van der Waals surface area contributed by atoms with Gasteiger partial charge in [-0.15, -0.1) is 0 Å². The van der Waals surface area contributed by atoms with Crippen molar-refractivity contribution >= 4 is 22.8 Å². The molecule has 1 heterocycles. The van der Waals surface area contributed by atoms with Crippen LogP contribution in [0.1, 0.15) is 18.9 Å². The van der Waals surface area contributed by atoms with Gasteiger partial charge in [0.25, 0.3) is 5.91 Å². The fraction of sp³-hybridized carbons (Fsp3) is 0.304. The fourth-order valence-electron chi connectivity index (χ4n) is 3.18. The number of carbonyl (C=O) groups is 2. The van der Waals surface area contributed by atoms with Crippen LogP contribution in [0.5, 0.6) is 11.5 Å². The molecule has 7 nitrogen and oxygen atoms in total. The summed E-state index contributed by atoms with van der Waals surface area (Å²) in [7, 11) is 3.12. The van der Waals surface area contributed by atoms with Gasteiger partial charge in [0.15, 0.2) is 17.6 Å². The molecule has 1 atom stereocenters. The number of methoxy groups -OCH3 is 2. The second kappa shape index (κ2) is 9.82. The van der Waals surface area contributed by atoms with E-state index < -0.39 is 12.1 Å². The van der Waals surface area contributed by atoms with Gasteiger partial charge in [-0.05, 0) is 42.1 Å². The molecular weight excluding hydrogens is 384 g/mol. The van der Waals surface area contributed by atoms with E-state index in [1.165, 1.54) is 0 Å². The van der Waals surface area contributed by atoms with Gasteiger partial charge in [-0.1, -0.05) is 24.3 Å². The molecule has 0 radical (unpaired) electrons. The Morgan fingerprint density at radius 2 is 1.80 bits per heavy atom. The van der Waals surface area contributed by atoms with E-state index in [9.17, 15) is 9.59 Å². The van der Waals surface area contributed by atoms with Crippen molar-refractivity contribution in [3.8, 4) is 11.5 Å². The third-order valence-electron chi connectivity index (χ3n) is 4.83. The lowest BCUT2D eigenvalue weighted by Crippen LogP contribution is -2.35. The summed E-state index contributed by atoms with van der Waals surface area (Å²) in [5.74, 6) is 0.428. The number of rotatable bonds is 9. The highest BCUT2D eigenvalue weighted by Gasteiger charge is 2.18. The maximum absolute atomic E-state index is 12.3. The summed E-state index contributed by atoms with van der Waals surface area (Å²) in [6.45, 7) is 2.34. The van der Waals surface area contributed by atoms with Gasteiger partial charge >= 0.3 is 5.97 Å². The van der Waals surface area contributed by atoms with E-state index in [4.69, 9.17) is 14.2 Å². The SMILES string of the molecule is COc1ccc(CNC(=O)C(C)OC(=O)CCn2ccc3ccccc32)cc1OC. The third kappa shape index (κ3) is 5.11. The highest BCUT2D eigenvalue weighted by Crippen LogP contribution is 2.27. The Hall–Kier alpha value is -3.48. The first kappa shape index (κ1) is 21.2. The van der Waals surface area contributed by atoms with Crippen molar-refractivity contribution in [3.63, 3.8) is 0 Å². The molecule has 0 bridgehead atoms. The van der Waals surface area contributed by atoms with Crippen LogP contribution in [0.4, 0.5) is 0 Å². The second-order valence-electron chi connectivity index (χ2n) is 6.86. The number of esters is 1. The number of amides is 1. The van der Waals surface area contributed by atoms with E-state index in [0.29, 0.717) is 18.0 Å². The summed E-state index contributed by atoms with van der Waals surface area (Å²) in [5, 5.41) is 3.89. The molecule has 1 amide bonds. The molecule has 1 unspecified atom stereocenters. The number of ether oxygens (including phenoxy) is 3. The van der Waals surface area contributed by atoms with Crippen molar-refractivity contribution in [2.45, 2.75) is 32.5 Å². The highest BCUT2D eigenvalue weighted by atomic mass is 16.5. The van der Waals surface area contributed by atoms with Crippen LogP contribution in [0.3, 0.4) is 0 Å². The Morgan fingerprint density at radius 3 is 2.57 bits per heavy atom. The molecule has 0 spiro atoms. The number of aromatic nitrogens is 1. The van der Waals surface area contributed by atoms with Gasteiger partial charge in [-0.2, -0.15) is 0 Å². The lowest BCUT2D eigenvalue weighted by Gasteiger charge is -2.15. The first-order chi connectivity index (χ1) is 14.5. The number of fused-ring (bicyclic) bond motifs is 1. The van der Waals surface area contributed by atoms with Gasteiger partial charge in [0.2, 0.25) is 0 Å². The largest absolute Gasteiger partial charge is 0.493 e. The molecule has 3 aromatic rings. The van der Waals surface area contributed by atoms with Crippen molar-refractivity contribution < 1.29 is 23.8 Å². The van der Waals surface area contributed by atoms with E-state index in [0.717, 1.165) is 16.5 Å². The van der Waals surface area contributed by atoms with Crippen LogP contribution in [0.15, 0.2) is 54.7 Å². The van der Waals surface area contributed by atoms with Crippen LogP contribution < -0.4 is 14.8 Å². The molecule has 158 valence electrons. The quantitative estimate of drug-likeness (QED) is 0.548. The summed E-state index contributed by atoms with van der Waals surface area (Å²) >= 11 is 0. The van der Waals surface area contributed by atoms with E-state index >= 15 is 0 Å². The van der Waals surface area contributed by atoms with Gasteiger partial charge in [-0.3, -0.25) is 9.59 Å². The van der Waals surface area contributed by atoms with E-state index in [1.54, 1.807) is 33.3 Å². The minimum atomic E-state index is -0.876. The van der Waals surface area contributed by atoms with Gasteiger partial charge in [0, 0.05) is 24.8 Å². The number of carbonyl (C=O) groups excluding carboxylic acids is 2. The van der Waals surface area contributed by atoms with Crippen LogP contribution >= 0.6 is 0 Å². The van der Waals surface area contributed by atoms with Gasteiger partial charge in [0.05, 0.1) is 20.6 Å². The summed E-state index contributed by atoms with van der Waals surface area (Å²) in [4.78, 5) is 24.5. The maximum Gasteiger partial charge on any atom is 0.308 e. The Balaban J connectivity index is 1.47. The Morgan fingerprint density at radius 1 is 1.03 bits per heavy atom. The minimum Gasteiger partial charge on any atom is -0.493 e. The van der Waals surface area contributed by atoms with Crippen molar-refractivity contribution in [1.82, 2.24) is 9.88 Å². The van der Waals surface area contributed by atoms with Crippen LogP contribution in [-0.4, -0.2) is 36.8 Å². The lowest BCUT2D eigenvalue weighted by molar-refractivity contribution is -0.155. The highest BCUT2D eigenvalue weighted by molar-refractivity contribution is 5.83. The smallest absolute Gasteiger partial charge is 0.308 e. The van der Waals surface area contributed by atoms with Crippen LogP contribution in [0.2, 0.25) is 0 Å². The molecule has 2 aromatic carbocycles. The predicted molar refractivity (Wildman–Crippen MR) is 114 cm³/mol. The Kier molecular flexibility index (Phi) is 6.95. The standard InChI is InChI=1S/C23H26N2O5/c1-16(23(27)24-15-17-8-9-20(28-2)21(14-17)29-3)30-22(26)11-13-25-12-10-18-6-4-5-7-19(18)25/h4-10,12,14,16H,11,13,15H2,1-3H3,(H,24,27). The molecule has 0 aliphatic carbocycles. The van der Waals surface area contributed by atoms with Crippen molar-refractivity contribution in [3.05, 3.63) is 60.3 Å². The van der Waals surface area contributed by atoms with Crippen molar-refractivity contribution in [2.24, 2.45) is 0 Å². The summed E-state index contributed by atoms with van der Waals surface area (Å²) in [5.41, 5.74) is 1.91. The molecule has 0 saturated carbocycles. The molecule has 0 aliphatic rings. The fourth-order valence-corrected chi connectivity index (χ4v) is 3.18. The van der Waals surface area contributed by atoms with Crippen LogP contribution in [0.25, 0.3) is 10.9 Å². The molecule has 7 heteroatoms. The van der Waals surface area contributed by atoms with Crippen LogP contribution in [-0.2, 0) is 27.4 Å². The molecule has 0 aliphatic heterocycles. The van der Waals surface area contributed by atoms with E-state index in [1.807, 2.05) is 47.2 Å². The molecule has 1 N–H and O–H groups in total. The first-order valence-electron chi connectivity index (χ1n) is 9.73. The van der Waals surface area contributed by atoms with E-state index in [2.05, 4.69) is 5.32 Å². The van der Waals surface area contributed by atoms with Gasteiger partial charge in [0.1, 0.15) is 0 Å². The topological polar surface area (TPSA) is 78.8 Å². The first-order valence-corrected chi connectivity index (χ1v) is 9.73. The predicted octanol–water partition coefficient (Wildman–Crippen LogP) is 3.30. The minimum absolute atomic E-state index is 0.186. The number of hydrogen-bond donors (Lipinski definition) is 1. The number of nitrogens with one attached hydrogen (secondary N) is 1. The zero-order valence-corrected chi connectivity index (χ0v) is 17.4. The normalized spacial score (nSPS) is 11.7. The third-order valence-corrected chi connectivity index (χ3v) is 4.83. The molecule has 30 heavy (non-hydrogen) atoms. The maximum atomic E-state index is 12.3. The zero-order chi connectivity index (χ0) is 21.5. The van der Waals surface area contributed by atoms with Gasteiger partial charge in [-0.25, -0.2) is 0 Å². The lowest BCUT2D eigenvalue weighted by atomic mass is 10.2. The monoisotopic (exact) mass is 410 g/mol. The molecular formula is C23H26N2O5. The number of para-hydroxylation sites is 1. The average Bonchev–Trinajstić information content (AvgIpc) is 3.18. The number of benzene rings is 2. The van der Waals surface area contributed by atoms with Crippen molar-refractivity contribution in [2.75, 3.05) is 14.2 Å². The average molecular weight is 410 g/mol. The van der Waals surface area contributed by atoms with Gasteiger partial charge < -0.3 is 24.1 Å². The summed E-state index contributed by atoms with van der Waals surface area (Å²) in [6, 6.07) is 15.4. The summed E-state index contributed by atoms with van der Waals surface area (Å²) < 4.78 is 17.7. The molecule has 1 aromatic heterocycles. The number of hydrogen-bond acceptors (Lipinski definition) is 5. The zero-order valence-electron chi connectivity index (χ0n) is 17.4. The number of nitrogens with zero attached hydrogens (tertiary/aromatic N) is 1. The molecule has 0 saturated heterocycles. The van der Waals surface area contributed by atoms with E-state index in [-0.39, 0.29) is 18.9 Å². The Bertz CT molecular complexity index is 1030. The van der Waals surface area contributed by atoms with Crippen molar-refractivity contribution in [1.29, 1.82) is 0 Å². The Labute approximate surface area is 175 Å². The number of aryl methyl sites for hydroxylation is 1. The molecule has 3 rings (SSSR count). The summed E-state index contributed by atoms with van der Waals surface area (Å²) in [6.07, 6.45) is 1.25. The van der Waals surface area contributed by atoms with Crippen LogP contribution in [0, 0.1) is 0 Å². The molecule has 0 fully saturated rings.